The first-order valence-electron chi connectivity index (χ1n) is 9.52. The van der Waals surface area contributed by atoms with E-state index in [2.05, 4.69) is 15.6 Å². The predicted molar refractivity (Wildman–Crippen MR) is 121 cm³/mol. The van der Waals surface area contributed by atoms with E-state index in [0.29, 0.717) is 33.5 Å². The molecule has 31 heavy (non-hydrogen) atoms. The Bertz CT molecular complexity index is 1290. The van der Waals surface area contributed by atoms with E-state index < -0.39 is 0 Å². The van der Waals surface area contributed by atoms with Crippen LogP contribution in [0.3, 0.4) is 0 Å². The Labute approximate surface area is 183 Å². The van der Waals surface area contributed by atoms with Crippen molar-refractivity contribution >= 4 is 34.7 Å². The van der Waals surface area contributed by atoms with Gasteiger partial charge in [-0.25, -0.2) is 9.78 Å². The summed E-state index contributed by atoms with van der Waals surface area (Å²) in [5.74, 6) is 0.593. The van der Waals surface area contributed by atoms with Crippen molar-refractivity contribution < 1.29 is 9.53 Å². The summed E-state index contributed by atoms with van der Waals surface area (Å²) in [6.07, 6.45) is 1.71. The molecule has 0 unspecified atom stereocenters. The Morgan fingerprint density at radius 1 is 1.00 bits per heavy atom. The SMILES string of the molecule is Cc1ccn2c(=O)cc(COc3ccc(NC(=O)Nc4ccc(Cl)cc4)cc3)nc2c1. The molecule has 0 aliphatic carbocycles. The first-order chi connectivity index (χ1) is 15.0. The highest BCUT2D eigenvalue weighted by Crippen LogP contribution is 2.18. The molecule has 0 radical (unpaired) electrons. The van der Waals surface area contributed by atoms with Crippen LogP contribution in [0.25, 0.3) is 5.65 Å². The Hall–Kier alpha value is -3.84. The van der Waals surface area contributed by atoms with Crippen LogP contribution < -0.4 is 20.9 Å². The molecule has 0 atom stereocenters. The standard InChI is InChI=1S/C23H19ClN4O3/c1-15-10-11-28-21(12-15)25-19(13-22(28)29)14-31-20-8-6-18(7-9-20)27-23(30)26-17-4-2-16(24)3-5-17/h2-13H,14H2,1H3,(H2,26,27,30). The van der Waals surface area contributed by atoms with E-state index >= 15 is 0 Å². The van der Waals surface area contributed by atoms with Gasteiger partial charge in [0.15, 0.2) is 0 Å². The van der Waals surface area contributed by atoms with Gasteiger partial charge in [0.2, 0.25) is 0 Å². The van der Waals surface area contributed by atoms with Crippen LogP contribution >= 0.6 is 11.6 Å². The molecule has 0 spiro atoms. The minimum Gasteiger partial charge on any atom is -0.487 e. The van der Waals surface area contributed by atoms with E-state index in [-0.39, 0.29) is 18.2 Å². The number of benzene rings is 2. The smallest absolute Gasteiger partial charge is 0.323 e. The summed E-state index contributed by atoms with van der Waals surface area (Å²) in [5.41, 5.74) is 3.23. The lowest BCUT2D eigenvalue weighted by atomic mass is 10.3. The number of nitrogens with zero attached hydrogens (tertiary/aromatic N) is 2. The molecule has 156 valence electrons. The lowest BCUT2D eigenvalue weighted by Gasteiger charge is -2.10. The van der Waals surface area contributed by atoms with Gasteiger partial charge >= 0.3 is 6.03 Å². The normalized spacial score (nSPS) is 10.6. The Kier molecular flexibility index (Phi) is 5.86. The van der Waals surface area contributed by atoms with Gasteiger partial charge in [-0.2, -0.15) is 0 Å². The average Bonchev–Trinajstić information content (AvgIpc) is 2.74. The monoisotopic (exact) mass is 434 g/mol. The number of pyridine rings is 1. The van der Waals surface area contributed by atoms with Crippen LogP contribution in [0.5, 0.6) is 5.75 Å². The molecule has 0 aliphatic heterocycles. The fourth-order valence-corrected chi connectivity index (χ4v) is 3.07. The first kappa shape index (κ1) is 20.4. The van der Waals surface area contributed by atoms with Crippen LogP contribution in [0, 0.1) is 6.92 Å². The molecule has 2 aromatic carbocycles. The number of halogens is 1. The van der Waals surface area contributed by atoms with Crippen molar-refractivity contribution in [2.75, 3.05) is 10.6 Å². The second-order valence-corrected chi connectivity index (χ2v) is 7.35. The average molecular weight is 435 g/mol. The second kappa shape index (κ2) is 8.89. The lowest BCUT2D eigenvalue weighted by Crippen LogP contribution is -2.19. The fraction of sp³-hybridized carbons (Fsp3) is 0.0870. The maximum Gasteiger partial charge on any atom is 0.323 e. The van der Waals surface area contributed by atoms with Crippen molar-refractivity contribution in [3.63, 3.8) is 0 Å². The third kappa shape index (κ3) is 5.21. The number of ether oxygens (including phenoxy) is 1. The number of anilines is 2. The number of rotatable bonds is 5. The number of hydrogen-bond donors (Lipinski definition) is 2. The Morgan fingerprint density at radius 3 is 2.32 bits per heavy atom. The molecule has 2 N–H and O–H groups in total. The topological polar surface area (TPSA) is 84.7 Å². The summed E-state index contributed by atoms with van der Waals surface area (Å²) in [6.45, 7) is 2.10. The number of carbonyl (C=O) groups excluding carboxylic acids is 1. The van der Waals surface area contributed by atoms with Gasteiger partial charge in [0, 0.05) is 28.7 Å². The molecule has 7 nitrogen and oxygen atoms in total. The van der Waals surface area contributed by atoms with E-state index in [1.54, 1.807) is 54.7 Å². The van der Waals surface area contributed by atoms with Crippen molar-refractivity contribution in [1.29, 1.82) is 0 Å². The van der Waals surface area contributed by atoms with Crippen LogP contribution in [0.15, 0.2) is 77.7 Å². The van der Waals surface area contributed by atoms with Crippen molar-refractivity contribution in [2.45, 2.75) is 13.5 Å². The fourth-order valence-electron chi connectivity index (χ4n) is 2.95. The highest BCUT2D eigenvalue weighted by molar-refractivity contribution is 6.30. The molecular weight excluding hydrogens is 416 g/mol. The summed E-state index contributed by atoms with van der Waals surface area (Å²) in [6, 6.07) is 18.5. The van der Waals surface area contributed by atoms with Gasteiger partial charge < -0.3 is 15.4 Å². The van der Waals surface area contributed by atoms with Gasteiger partial charge in [0.25, 0.3) is 5.56 Å². The predicted octanol–water partition coefficient (Wildman–Crippen LogP) is 4.88. The van der Waals surface area contributed by atoms with Gasteiger partial charge in [-0.3, -0.25) is 9.20 Å². The third-order valence-corrected chi connectivity index (χ3v) is 4.73. The number of urea groups is 1. The second-order valence-electron chi connectivity index (χ2n) is 6.92. The number of fused-ring (bicyclic) bond motifs is 1. The van der Waals surface area contributed by atoms with Crippen LogP contribution in [0.2, 0.25) is 5.02 Å². The minimum atomic E-state index is -0.368. The minimum absolute atomic E-state index is 0.156. The van der Waals surface area contributed by atoms with Gasteiger partial charge in [-0.15, -0.1) is 0 Å². The summed E-state index contributed by atoms with van der Waals surface area (Å²) >= 11 is 5.84. The number of hydrogen-bond acceptors (Lipinski definition) is 4. The van der Waals surface area contributed by atoms with Crippen LogP contribution in [-0.4, -0.2) is 15.4 Å². The van der Waals surface area contributed by atoms with E-state index in [1.165, 1.54) is 10.5 Å². The highest BCUT2D eigenvalue weighted by Gasteiger charge is 2.06. The van der Waals surface area contributed by atoms with Crippen LogP contribution in [0.4, 0.5) is 16.2 Å². The van der Waals surface area contributed by atoms with E-state index in [0.717, 1.165) is 5.56 Å². The molecule has 0 aliphatic rings. The molecule has 0 saturated carbocycles. The van der Waals surface area contributed by atoms with E-state index in [1.807, 2.05) is 19.1 Å². The van der Waals surface area contributed by atoms with Crippen molar-refractivity contribution in [3.8, 4) is 5.75 Å². The molecule has 0 bridgehead atoms. The summed E-state index contributed by atoms with van der Waals surface area (Å²) in [7, 11) is 0. The summed E-state index contributed by atoms with van der Waals surface area (Å²) in [5, 5.41) is 6.06. The molecule has 8 heteroatoms. The maximum absolute atomic E-state index is 12.2. The van der Waals surface area contributed by atoms with Crippen LogP contribution in [0.1, 0.15) is 11.3 Å². The Balaban J connectivity index is 1.36. The molecule has 2 aromatic heterocycles. The molecule has 4 rings (SSSR count). The van der Waals surface area contributed by atoms with Gasteiger partial charge in [0.1, 0.15) is 18.0 Å². The van der Waals surface area contributed by atoms with Crippen LogP contribution in [-0.2, 0) is 6.61 Å². The largest absolute Gasteiger partial charge is 0.487 e. The number of aromatic nitrogens is 2. The van der Waals surface area contributed by atoms with Crippen molar-refractivity contribution in [1.82, 2.24) is 9.38 Å². The highest BCUT2D eigenvalue weighted by atomic mass is 35.5. The molecule has 4 aromatic rings. The molecular formula is C23H19ClN4O3. The summed E-state index contributed by atoms with van der Waals surface area (Å²) in [4.78, 5) is 28.8. The van der Waals surface area contributed by atoms with Gasteiger partial charge in [0.05, 0.1) is 5.69 Å². The van der Waals surface area contributed by atoms with Crippen molar-refractivity contribution in [2.24, 2.45) is 0 Å². The van der Waals surface area contributed by atoms with E-state index in [9.17, 15) is 9.59 Å². The van der Waals surface area contributed by atoms with Gasteiger partial charge in [-0.05, 0) is 73.2 Å². The Morgan fingerprint density at radius 2 is 1.65 bits per heavy atom. The first-order valence-corrected chi connectivity index (χ1v) is 9.89. The zero-order chi connectivity index (χ0) is 21.8. The maximum atomic E-state index is 12.2. The number of aryl methyl sites for hydroxylation is 1. The molecule has 2 heterocycles. The molecule has 0 fully saturated rings. The number of carbonyl (C=O) groups is 1. The third-order valence-electron chi connectivity index (χ3n) is 4.48. The van der Waals surface area contributed by atoms with E-state index in [4.69, 9.17) is 16.3 Å². The molecule has 2 amide bonds. The zero-order valence-electron chi connectivity index (χ0n) is 16.6. The quantitative estimate of drug-likeness (QED) is 0.469. The lowest BCUT2D eigenvalue weighted by molar-refractivity contribution is 0.262. The van der Waals surface area contributed by atoms with Crippen molar-refractivity contribution in [3.05, 3.63) is 99.6 Å². The summed E-state index contributed by atoms with van der Waals surface area (Å²) < 4.78 is 7.23. The molecule has 0 saturated heterocycles. The number of nitrogens with one attached hydrogen (secondary N) is 2. The number of amides is 2. The zero-order valence-corrected chi connectivity index (χ0v) is 17.4. The van der Waals surface area contributed by atoms with Gasteiger partial charge in [-0.1, -0.05) is 11.6 Å².